The van der Waals surface area contributed by atoms with Gasteiger partial charge in [0.15, 0.2) is 6.61 Å². The average Bonchev–Trinajstić information content (AvgIpc) is 2.97. The maximum absolute atomic E-state index is 12.4. The van der Waals surface area contributed by atoms with Crippen molar-refractivity contribution in [2.45, 2.75) is 50.4 Å². The zero-order valence-corrected chi connectivity index (χ0v) is 13.2. The molecule has 2 aliphatic rings. The molecule has 1 heterocycles. The van der Waals surface area contributed by atoms with Crippen molar-refractivity contribution in [3.05, 3.63) is 24.3 Å². The maximum atomic E-state index is 12.4. The lowest BCUT2D eigenvalue weighted by Crippen LogP contribution is -2.39. The number of carbonyl (C=O) groups is 1. The van der Waals surface area contributed by atoms with Gasteiger partial charge < -0.3 is 15.4 Å². The lowest BCUT2D eigenvalue weighted by Gasteiger charge is -2.24. The number of ether oxygens (including phenoxy) is 1. The number of carbonyl (C=O) groups excluding carboxylic acids is 1. The predicted molar refractivity (Wildman–Crippen MR) is 83.9 cm³/mol. The molecule has 1 saturated heterocycles. The minimum absolute atomic E-state index is 0.0816. The highest BCUT2D eigenvalue weighted by Crippen LogP contribution is 2.33. The predicted octanol–water partition coefficient (Wildman–Crippen LogP) is 3.49. The number of hydrogen-bond donors (Lipinski definition) is 2. The first kappa shape index (κ1) is 17.1. The summed E-state index contributed by atoms with van der Waals surface area (Å²) < 4.78 is 41.3. The van der Waals surface area contributed by atoms with E-state index >= 15 is 0 Å². The number of rotatable bonds is 4. The first-order chi connectivity index (χ1) is 11.4. The molecule has 1 aliphatic heterocycles. The number of halogens is 3. The van der Waals surface area contributed by atoms with E-state index in [9.17, 15) is 18.0 Å². The van der Waals surface area contributed by atoms with Gasteiger partial charge in [0.25, 0.3) is 0 Å². The second-order valence-electron chi connectivity index (χ2n) is 6.53. The highest BCUT2D eigenvalue weighted by Gasteiger charge is 2.38. The number of amides is 1. The topological polar surface area (TPSA) is 50.4 Å². The number of anilines is 1. The van der Waals surface area contributed by atoms with E-state index in [-0.39, 0.29) is 17.7 Å². The van der Waals surface area contributed by atoms with Crippen LogP contribution in [0.2, 0.25) is 0 Å². The Morgan fingerprint density at radius 2 is 2.08 bits per heavy atom. The van der Waals surface area contributed by atoms with Gasteiger partial charge in [0, 0.05) is 17.8 Å². The summed E-state index contributed by atoms with van der Waals surface area (Å²) in [6, 6.07) is 6.22. The summed E-state index contributed by atoms with van der Waals surface area (Å²) in [7, 11) is 0. The van der Waals surface area contributed by atoms with Gasteiger partial charge in [-0.3, -0.25) is 4.79 Å². The summed E-state index contributed by atoms with van der Waals surface area (Å²) in [5.41, 5.74) is 0.441. The second-order valence-corrected chi connectivity index (χ2v) is 6.53. The van der Waals surface area contributed by atoms with Crippen molar-refractivity contribution in [1.29, 1.82) is 0 Å². The fourth-order valence-corrected chi connectivity index (χ4v) is 3.58. The van der Waals surface area contributed by atoms with Crippen molar-refractivity contribution in [2.24, 2.45) is 5.92 Å². The van der Waals surface area contributed by atoms with E-state index in [1.165, 1.54) is 25.0 Å². The van der Waals surface area contributed by atoms with Gasteiger partial charge in [0.05, 0.1) is 6.04 Å². The Balaban J connectivity index is 1.56. The molecule has 3 atom stereocenters. The van der Waals surface area contributed by atoms with Crippen LogP contribution in [0.15, 0.2) is 24.3 Å². The Labute approximate surface area is 138 Å². The minimum Gasteiger partial charge on any atom is -0.484 e. The fourth-order valence-electron chi connectivity index (χ4n) is 3.58. The Hall–Kier alpha value is -1.76. The molecule has 3 unspecified atom stereocenters. The van der Waals surface area contributed by atoms with Crippen LogP contribution in [0.1, 0.15) is 32.1 Å². The summed E-state index contributed by atoms with van der Waals surface area (Å²) in [6.07, 6.45) is 1.11. The zero-order valence-electron chi connectivity index (χ0n) is 13.2. The van der Waals surface area contributed by atoms with Crippen molar-refractivity contribution < 1.29 is 22.7 Å². The summed E-state index contributed by atoms with van der Waals surface area (Å²) in [5.74, 6) is 0.492. The molecule has 2 fully saturated rings. The number of hydrogen-bond acceptors (Lipinski definition) is 3. The lowest BCUT2D eigenvalue weighted by molar-refractivity contribution is -0.153. The summed E-state index contributed by atoms with van der Waals surface area (Å²) in [4.78, 5) is 12.4. The maximum Gasteiger partial charge on any atom is 0.422 e. The molecule has 4 nitrogen and oxygen atoms in total. The molecule has 1 amide bonds. The Kier molecular flexibility index (Phi) is 4.99. The smallest absolute Gasteiger partial charge is 0.422 e. The molecular weight excluding hydrogens is 321 g/mol. The molecular formula is C17H21F3N2O2. The quantitative estimate of drug-likeness (QED) is 0.881. The molecule has 1 aromatic rings. The van der Waals surface area contributed by atoms with Crippen LogP contribution >= 0.6 is 0 Å². The standard InChI is InChI=1S/C17H21F3N2O2/c18-17(19,20)10-24-13-6-3-5-12(9-13)21-16(23)15-8-11-4-1-2-7-14(11)22-15/h3,5-6,9,11,14-15,22H,1-2,4,7-8,10H2,(H,21,23). The van der Waals surface area contributed by atoms with E-state index in [2.05, 4.69) is 10.6 Å². The third-order valence-corrected chi connectivity index (χ3v) is 4.68. The fraction of sp³-hybridized carbons (Fsp3) is 0.588. The van der Waals surface area contributed by atoms with Crippen LogP contribution in [0.25, 0.3) is 0 Å². The van der Waals surface area contributed by atoms with Crippen LogP contribution in [-0.2, 0) is 4.79 Å². The number of fused-ring (bicyclic) bond motifs is 1. The average molecular weight is 342 g/mol. The van der Waals surface area contributed by atoms with Gasteiger partial charge in [-0.15, -0.1) is 0 Å². The van der Waals surface area contributed by atoms with E-state index in [1.54, 1.807) is 12.1 Å². The highest BCUT2D eigenvalue weighted by atomic mass is 19.4. The van der Waals surface area contributed by atoms with E-state index in [0.717, 1.165) is 19.3 Å². The minimum atomic E-state index is -4.39. The second kappa shape index (κ2) is 7.01. The number of alkyl halides is 3. The molecule has 0 bridgehead atoms. The molecule has 1 aromatic carbocycles. The van der Waals surface area contributed by atoms with Crippen LogP contribution in [0.3, 0.4) is 0 Å². The van der Waals surface area contributed by atoms with Gasteiger partial charge >= 0.3 is 6.18 Å². The normalized spacial score (nSPS) is 26.7. The lowest BCUT2D eigenvalue weighted by atomic mass is 9.85. The molecule has 1 saturated carbocycles. The van der Waals surface area contributed by atoms with E-state index in [4.69, 9.17) is 4.74 Å². The van der Waals surface area contributed by atoms with Crippen molar-refractivity contribution in [3.63, 3.8) is 0 Å². The highest BCUT2D eigenvalue weighted by molar-refractivity contribution is 5.95. The molecule has 1 aliphatic carbocycles. The molecule has 7 heteroatoms. The van der Waals surface area contributed by atoms with Crippen LogP contribution in [0.5, 0.6) is 5.75 Å². The molecule has 0 radical (unpaired) electrons. The summed E-state index contributed by atoms with van der Waals surface area (Å²) >= 11 is 0. The van der Waals surface area contributed by atoms with Gasteiger partial charge in [-0.1, -0.05) is 18.9 Å². The van der Waals surface area contributed by atoms with Gasteiger partial charge in [-0.2, -0.15) is 13.2 Å². The van der Waals surface area contributed by atoms with Gasteiger partial charge in [-0.25, -0.2) is 0 Å². The molecule has 132 valence electrons. The summed E-state index contributed by atoms with van der Waals surface area (Å²) in [6.45, 7) is -1.35. The van der Waals surface area contributed by atoms with Crippen molar-refractivity contribution in [3.8, 4) is 5.75 Å². The SMILES string of the molecule is O=C(Nc1cccc(OCC(F)(F)F)c1)C1CC2CCCCC2N1. The molecule has 24 heavy (non-hydrogen) atoms. The van der Waals surface area contributed by atoms with Crippen molar-refractivity contribution in [2.75, 3.05) is 11.9 Å². The van der Waals surface area contributed by atoms with Crippen LogP contribution < -0.4 is 15.4 Å². The Bertz CT molecular complexity index is 577. The summed E-state index contributed by atoms with van der Waals surface area (Å²) in [5, 5.41) is 6.15. The molecule has 0 spiro atoms. The number of nitrogens with one attached hydrogen (secondary N) is 2. The number of benzene rings is 1. The zero-order chi connectivity index (χ0) is 17.2. The monoisotopic (exact) mass is 342 g/mol. The van der Waals surface area contributed by atoms with Crippen molar-refractivity contribution in [1.82, 2.24) is 5.32 Å². The Morgan fingerprint density at radius 1 is 1.29 bits per heavy atom. The third kappa shape index (κ3) is 4.41. The first-order valence-corrected chi connectivity index (χ1v) is 8.27. The third-order valence-electron chi connectivity index (χ3n) is 4.68. The van der Waals surface area contributed by atoms with Crippen LogP contribution in [0.4, 0.5) is 18.9 Å². The first-order valence-electron chi connectivity index (χ1n) is 8.27. The molecule has 0 aromatic heterocycles. The van der Waals surface area contributed by atoms with Crippen molar-refractivity contribution >= 4 is 11.6 Å². The molecule has 3 rings (SSSR count). The van der Waals surface area contributed by atoms with E-state index < -0.39 is 12.8 Å². The Morgan fingerprint density at radius 3 is 2.83 bits per heavy atom. The van der Waals surface area contributed by atoms with Gasteiger partial charge in [0.1, 0.15) is 5.75 Å². The molecule has 2 N–H and O–H groups in total. The largest absolute Gasteiger partial charge is 0.484 e. The van der Waals surface area contributed by atoms with Crippen LogP contribution in [-0.4, -0.2) is 30.8 Å². The van der Waals surface area contributed by atoms with E-state index in [1.807, 2.05) is 0 Å². The van der Waals surface area contributed by atoms with Gasteiger partial charge in [0.2, 0.25) is 5.91 Å². The van der Waals surface area contributed by atoms with Gasteiger partial charge in [-0.05, 0) is 37.3 Å². The van der Waals surface area contributed by atoms with E-state index in [0.29, 0.717) is 17.6 Å². The van der Waals surface area contributed by atoms with Crippen LogP contribution in [0, 0.1) is 5.92 Å².